The third-order valence-electron chi connectivity index (χ3n) is 5.43. The summed E-state index contributed by atoms with van der Waals surface area (Å²) in [7, 11) is 0. The van der Waals surface area contributed by atoms with Crippen molar-refractivity contribution in [1.82, 2.24) is 10.2 Å². The molecule has 1 aliphatic rings. The van der Waals surface area contributed by atoms with Crippen LogP contribution in [0.4, 0.5) is 5.69 Å². The minimum absolute atomic E-state index is 0.420. The van der Waals surface area contributed by atoms with E-state index in [9.17, 15) is 9.59 Å². The first-order valence-electron chi connectivity index (χ1n) is 9.94. The predicted molar refractivity (Wildman–Crippen MR) is 112 cm³/mol. The van der Waals surface area contributed by atoms with Gasteiger partial charge in [0, 0.05) is 18.8 Å². The summed E-state index contributed by atoms with van der Waals surface area (Å²) in [6.07, 6.45) is 2.07. The minimum atomic E-state index is -0.598. The number of rotatable bonds is 5. The summed E-state index contributed by atoms with van der Waals surface area (Å²) in [6.45, 7) is 7.40. The first-order chi connectivity index (χ1) is 13.5. The van der Waals surface area contributed by atoms with Gasteiger partial charge in [-0.1, -0.05) is 48.5 Å². The van der Waals surface area contributed by atoms with Crippen LogP contribution in [-0.2, 0) is 16.1 Å². The highest BCUT2D eigenvalue weighted by Gasteiger charge is 2.21. The van der Waals surface area contributed by atoms with Gasteiger partial charge >= 0.3 is 11.8 Å². The predicted octanol–water partition coefficient (Wildman–Crippen LogP) is 3.27. The third kappa shape index (κ3) is 5.42. The van der Waals surface area contributed by atoms with Crippen LogP contribution in [0.15, 0.2) is 48.5 Å². The van der Waals surface area contributed by atoms with Gasteiger partial charge in [0.1, 0.15) is 0 Å². The number of carbonyl (C=O) groups is 2. The maximum absolute atomic E-state index is 12.2. The molecule has 0 radical (unpaired) electrons. The molecule has 0 spiro atoms. The van der Waals surface area contributed by atoms with Crippen molar-refractivity contribution < 1.29 is 9.59 Å². The summed E-state index contributed by atoms with van der Waals surface area (Å²) < 4.78 is 0. The van der Waals surface area contributed by atoms with Gasteiger partial charge in [0.15, 0.2) is 0 Å². The Kier molecular flexibility index (Phi) is 6.82. The van der Waals surface area contributed by atoms with Crippen molar-refractivity contribution in [2.45, 2.75) is 33.2 Å². The quantitative estimate of drug-likeness (QED) is 0.784. The molecular formula is C23H29N3O2. The average Bonchev–Trinajstić information content (AvgIpc) is 2.70. The Labute approximate surface area is 167 Å². The van der Waals surface area contributed by atoms with E-state index in [0.717, 1.165) is 49.3 Å². The lowest BCUT2D eigenvalue weighted by Crippen LogP contribution is -2.41. The molecule has 5 heteroatoms. The van der Waals surface area contributed by atoms with Crippen LogP contribution < -0.4 is 10.6 Å². The molecule has 5 nitrogen and oxygen atoms in total. The number of nitrogens with one attached hydrogen (secondary N) is 2. The molecule has 0 aromatic heterocycles. The molecule has 0 bridgehead atoms. The fraction of sp³-hybridized carbons (Fsp3) is 0.391. The van der Waals surface area contributed by atoms with Crippen molar-refractivity contribution in [1.29, 1.82) is 0 Å². The van der Waals surface area contributed by atoms with Crippen molar-refractivity contribution in [3.8, 4) is 0 Å². The molecule has 2 aromatic rings. The summed E-state index contributed by atoms with van der Waals surface area (Å²) in [4.78, 5) is 26.8. The second-order valence-corrected chi connectivity index (χ2v) is 7.64. The summed E-state index contributed by atoms with van der Waals surface area (Å²) in [5.41, 5.74) is 3.95. The summed E-state index contributed by atoms with van der Waals surface area (Å²) in [5.74, 6) is -0.739. The fourth-order valence-electron chi connectivity index (χ4n) is 3.69. The van der Waals surface area contributed by atoms with Gasteiger partial charge in [0.2, 0.25) is 0 Å². The van der Waals surface area contributed by atoms with Gasteiger partial charge in [-0.2, -0.15) is 0 Å². The molecule has 3 rings (SSSR count). The molecular weight excluding hydrogens is 350 g/mol. The van der Waals surface area contributed by atoms with Gasteiger partial charge in [-0.25, -0.2) is 0 Å². The van der Waals surface area contributed by atoms with Gasteiger partial charge in [-0.3, -0.25) is 14.5 Å². The average molecular weight is 380 g/mol. The van der Waals surface area contributed by atoms with Crippen LogP contribution in [0.1, 0.15) is 29.5 Å². The summed E-state index contributed by atoms with van der Waals surface area (Å²) in [6, 6.07) is 16.3. The van der Waals surface area contributed by atoms with E-state index in [4.69, 9.17) is 0 Å². The first-order valence-corrected chi connectivity index (χ1v) is 9.94. The van der Waals surface area contributed by atoms with Crippen LogP contribution in [-0.4, -0.2) is 36.3 Å². The second-order valence-electron chi connectivity index (χ2n) is 7.64. The highest BCUT2D eigenvalue weighted by molar-refractivity contribution is 6.39. The molecule has 1 aliphatic heterocycles. The Hall–Kier alpha value is -2.66. The number of likely N-dealkylation sites (tertiary alicyclic amines) is 1. The highest BCUT2D eigenvalue weighted by atomic mass is 16.2. The van der Waals surface area contributed by atoms with Gasteiger partial charge in [0.05, 0.1) is 0 Å². The molecule has 0 saturated carbocycles. The molecule has 1 saturated heterocycles. The van der Waals surface area contributed by atoms with Crippen LogP contribution in [0.2, 0.25) is 0 Å². The Morgan fingerprint density at radius 1 is 0.929 bits per heavy atom. The maximum atomic E-state index is 12.2. The number of anilines is 1. The van der Waals surface area contributed by atoms with E-state index in [1.165, 1.54) is 5.56 Å². The molecule has 2 N–H and O–H groups in total. The third-order valence-corrected chi connectivity index (χ3v) is 5.43. The van der Waals surface area contributed by atoms with Crippen molar-refractivity contribution in [3.05, 3.63) is 65.2 Å². The zero-order chi connectivity index (χ0) is 19.9. The van der Waals surface area contributed by atoms with Crippen molar-refractivity contribution in [2.24, 2.45) is 5.92 Å². The lowest BCUT2D eigenvalue weighted by Gasteiger charge is -2.32. The molecule has 0 aliphatic carbocycles. The lowest BCUT2D eigenvalue weighted by molar-refractivity contribution is -0.136. The molecule has 0 atom stereocenters. The summed E-state index contributed by atoms with van der Waals surface area (Å²) >= 11 is 0. The van der Waals surface area contributed by atoms with E-state index in [-0.39, 0.29) is 0 Å². The Morgan fingerprint density at radius 2 is 1.57 bits per heavy atom. The number of aryl methyl sites for hydroxylation is 2. The van der Waals surface area contributed by atoms with Crippen LogP contribution >= 0.6 is 0 Å². The molecule has 1 fully saturated rings. The van der Waals surface area contributed by atoms with Crippen molar-refractivity contribution >= 4 is 17.5 Å². The van der Waals surface area contributed by atoms with Crippen molar-refractivity contribution in [2.75, 3.05) is 25.0 Å². The SMILES string of the molecule is Cc1cccc(C)c1NC(=O)C(=O)NCC1CCN(Cc2ccccc2)CC1. The molecule has 1 heterocycles. The van der Waals surface area contributed by atoms with Gasteiger partial charge < -0.3 is 10.6 Å². The molecule has 0 unspecified atom stereocenters. The van der Waals surface area contributed by atoms with E-state index >= 15 is 0 Å². The van der Waals surface area contributed by atoms with Crippen LogP contribution in [0, 0.1) is 19.8 Å². The Balaban J connectivity index is 1.41. The molecule has 2 amide bonds. The van der Waals surface area contributed by atoms with E-state index < -0.39 is 11.8 Å². The maximum Gasteiger partial charge on any atom is 0.313 e. The standard InChI is InChI=1S/C23H29N3O2/c1-17-7-6-8-18(2)21(17)25-23(28)22(27)24-15-19-11-13-26(14-12-19)16-20-9-4-3-5-10-20/h3-10,19H,11-16H2,1-2H3,(H,24,27)(H,25,28). The van der Waals surface area contributed by atoms with E-state index in [1.807, 2.05) is 38.1 Å². The normalized spacial score (nSPS) is 15.2. The smallest absolute Gasteiger partial charge is 0.313 e. The van der Waals surface area contributed by atoms with E-state index in [2.05, 4.69) is 39.8 Å². The Morgan fingerprint density at radius 3 is 2.21 bits per heavy atom. The highest BCUT2D eigenvalue weighted by Crippen LogP contribution is 2.20. The molecule has 2 aromatic carbocycles. The number of hydrogen-bond donors (Lipinski definition) is 2. The largest absolute Gasteiger partial charge is 0.348 e. The zero-order valence-electron chi connectivity index (χ0n) is 16.7. The number of benzene rings is 2. The number of nitrogens with zero attached hydrogens (tertiary/aromatic N) is 1. The number of piperidine rings is 1. The topological polar surface area (TPSA) is 61.4 Å². The van der Waals surface area contributed by atoms with Crippen LogP contribution in [0.3, 0.4) is 0 Å². The number of carbonyl (C=O) groups excluding carboxylic acids is 2. The number of amides is 2. The van der Waals surface area contributed by atoms with Crippen LogP contribution in [0.25, 0.3) is 0 Å². The van der Waals surface area contributed by atoms with Gasteiger partial charge in [-0.15, -0.1) is 0 Å². The fourth-order valence-corrected chi connectivity index (χ4v) is 3.69. The van der Waals surface area contributed by atoms with E-state index in [1.54, 1.807) is 0 Å². The van der Waals surface area contributed by atoms with E-state index in [0.29, 0.717) is 12.5 Å². The zero-order valence-corrected chi connectivity index (χ0v) is 16.7. The van der Waals surface area contributed by atoms with Gasteiger partial charge in [-0.05, 0) is 62.4 Å². The van der Waals surface area contributed by atoms with Gasteiger partial charge in [0.25, 0.3) is 0 Å². The summed E-state index contributed by atoms with van der Waals surface area (Å²) in [5, 5.41) is 5.55. The first kappa shape index (κ1) is 20.1. The second kappa shape index (κ2) is 9.51. The van der Waals surface area contributed by atoms with Crippen molar-refractivity contribution in [3.63, 3.8) is 0 Å². The minimum Gasteiger partial charge on any atom is -0.348 e. The molecule has 148 valence electrons. The van der Waals surface area contributed by atoms with Crippen LogP contribution in [0.5, 0.6) is 0 Å². The number of hydrogen-bond acceptors (Lipinski definition) is 3. The Bertz CT molecular complexity index is 792. The number of para-hydroxylation sites is 1. The lowest BCUT2D eigenvalue weighted by atomic mass is 9.96. The molecule has 28 heavy (non-hydrogen) atoms. The monoisotopic (exact) mass is 379 g/mol.